The van der Waals surface area contributed by atoms with Crippen molar-refractivity contribution in [3.8, 4) is 0 Å². The number of hydrogen-bond donors (Lipinski definition) is 0. The van der Waals surface area contributed by atoms with E-state index in [9.17, 15) is 38.4 Å². The van der Waals surface area contributed by atoms with Crippen molar-refractivity contribution in [2.45, 2.75) is 123 Å². The number of nitrogens with zero attached hydrogens (tertiary/aromatic N) is 4. The van der Waals surface area contributed by atoms with E-state index in [-0.39, 0.29) is 65.0 Å². The van der Waals surface area contributed by atoms with Gasteiger partial charge in [-0.3, -0.25) is 48.2 Å². The fraction of sp³-hybridized carbons (Fsp3) is 0.368. The SMILES string of the molecule is CC.CC.CC.CC.CC1C(=O)N(c2ccccc2)C(=O)C1C.CC1CC(=O)N(c2ccccc2)C1=O.CCC.CCC.O=C1C=CC(=O)N1c1ccccc1.O=C1C=CC(=O)N1c1ccccc1. The zero-order valence-corrected chi connectivity index (χ0v) is 43.8. The van der Waals surface area contributed by atoms with E-state index in [1.807, 2.05) is 104 Å². The molecule has 0 radical (unpaired) electrons. The summed E-state index contributed by atoms with van der Waals surface area (Å²) in [6.45, 7) is 29.9. The number of para-hydroxylation sites is 4. The first-order valence-electron chi connectivity index (χ1n) is 24.3. The van der Waals surface area contributed by atoms with Gasteiger partial charge in [-0.25, -0.2) is 9.80 Å². The first kappa shape index (κ1) is 64.0. The standard InChI is InChI=1S/C12H13NO2.C11H11NO2.2C10H7NO2.2C3H8.4C2H6/c1-8-9(2)12(15)13(11(8)14)10-6-4-3-5-7-10;1-8-7-10(13)12(11(8)14)9-5-3-2-4-6-9;2*12-9-6-7-10(13)11(9)8-4-2-1-3-5-8;2*1-3-2;4*1-2/h3-9H,1-2H3;2-6,8H,7H2,1H3;2*1-7H;2*3H2,1-2H3;4*1-2H3. The van der Waals surface area contributed by atoms with Gasteiger partial charge in [-0.1, -0.05) is 189 Å². The Labute approximate surface area is 413 Å². The smallest absolute Gasteiger partial charge is 0.258 e. The fourth-order valence-corrected chi connectivity index (χ4v) is 5.87. The van der Waals surface area contributed by atoms with Crippen LogP contribution in [0.2, 0.25) is 0 Å². The molecule has 4 aromatic rings. The molecule has 4 aromatic carbocycles. The van der Waals surface area contributed by atoms with Gasteiger partial charge in [0.05, 0.1) is 22.7 Å². The third-order valence-electron chi connectivity index (χ3n) is 9.02. The summed E-state index contributed by atoms with van der Waals surface area (Å²) < 4.78 is 0. The summed E-state index contributed by atoms with van der Waals surface area (Å²) in [4.78, 5) is 96.4. The number of hydrogen-bond acceptors (Lipinski definition) is 8. The summed E-state index contributed by atoms with van der Waals surface area (Å²) in [5, 5.41) is 0. The molecule has 8 rings (SSSR count). The minimum Gasteiger partial charge on any atom is -0.274 e. The van der Waals surface area contributed by atoms with E-state index in [4.69, 9.17) is 0 Å². The zero-order valence-electron chi connectivity index (χ0n) is 43.8. The molecule has 4 aliphatic rings. The number of benzene rings is 4. The molecule has 0 bridgehead atoms. The molecule has 0 aliphatic carbocycles. The summed E-state index contributed by atoms with van der Waals surface area (Å²) in [5.74, 6) is -2.12. The number of amides is 8. The van der Waals surface area contributed by atoms with E-state index in [0.29, 0.717) is 29.2 Å². The largest absolute Gasteiger partial charge is 0.274 e. The summed E-state index contributed by atoms with van der Waals surface area (Å²) in [6.07, 6.45) is 7.92. The highest BCUT2D eigenvalue weighted by Crippen LogP contribution is 2.30. The van der Waals surface area contributed by atoms with Gasteiger partial charge >= 0.3 is 0 Å². The molecule has 0 saturated carbocycles. The van der Waals surface area contributed by atoms with Crippen LogP contribution in [0.1, 0.15) is 123 Å². The monoisotopic (exact) mass is 947 g/mol. The fourth-order valence-electron chi connectivity index (χ4n) is 5.87. The van der Waals surface area contributed by atoms with Gasteiger partial charge in [0.2, 0.25) is 23.6 Å². The molecular weight excluding hydrogens is 869 g/mol. The first-order chi connectivity index (χ1) is 33.2. The molecule has 69 heavy (non-hydrogen) atoms. The molecule has 2 saturated heterocycles. The Kier molecular flexibility index (Phi) is 34.3. The van der Waals surface area contributed by atoms with Crippen molar-refractivity contribution in [3.05, 3.63) is 146 Å². The lowest BCUT2D eigenvalue weighted by Crippen LogP contribution is -2.30. The molecule has 4 aliphatic heterocycles. The Morgan fingerprint density at radius 3 is 0.783 bits per heavy atom. The third-order valence-corrected chi connectivity index (χ3v) is 9.02. The van der Waals surface area contributed by atoms with Crippen LogP contribution in [0.15, 0.2) is 146 Å². The number of rotatable bonds is 4. The van der Waals surface area contributed by atoms with E-state index < -0.39 is 0 Å². The number of anilines is 4. The maximum Gasteiger partial charge on any atom is 0.258 e. The van der Waals surface area contributed by atoms with Gasteiger partial charge < -0.3 is 0 Å². The lowest BCUT2D eigenvalue weighted by Gasteiger charge is -2.13. The van der Waals surface area contributed by atoms with Crippen LogP contribution >= 0.6 is 0 Å². The molecule has 0 spiro atoms. The molecular formula is C57H78N4O8. The van der Waals surface area contributed by atoms with Gasteiger partial charge in [0.25, 0.3) is 23.6 Å². The van der Waals surface area contributed by atoms with Crippen LogP contribution in [0.5, 0.6) is 0 Å². The Hall–Kier alpha value is -7.08. The third kappa shape index (κ3) is 20.0. The second kappa shape index (κ2) is 37.0. The molecule has 0 N–H and O–H groups in total. The van der Waals surface area contributed by atoms with Crippen LogP contribution in [0.3, 0.4) is 0 Å². The summed E-state index contributed by atoms with van der Waals surface area (Å²) in [7, 11) is 0. The average molecular weight is 947 g/mol. The molecule has 3 atom stereocenters. The van der Waals surface area contributed by atoms with Gasteiger partial charge in [-0.15, -0.1) is 0 Å². The van der Waals surface area contributed by atoms with Crippen molar-refractivity contribution >= 4 is 70.0 Å². The molecule has 3 unspecified atom stereocenters. The Balaban J connectivity index is 0. The number of imide groups is 4. The Morgan fingerprint density at radius 2 is 0.565 bits per heavy atom. The quantitative estimate of drug-likeness (QED) is 0.184. The highest BCUT2D eigenvalue weighted by Gasteiger charge is 2.43. The van der Waals surface area contributed by atoms with Crippen LogP contribution in [-0.4, -0.2) is 47.3 Å². The van der Waals surface area contributed by atoms with E-state index in [0.717, 1.165) is 9.80 Å². The molecule has 4 heterocycles. The Bertz CT molecular complexity index is 2060. The number of carbonyl (C=O) groups excluding carboxylic acids is 8. The lowest BCUT2D eigenvalue weighted by atomic mass is 10.00. The number of carbonyl (C=O) groups is 8. The van der Waals surface area contributed by atoms with Gasteiger partial charge in [-0.05, 0) is 48.5 Å². The van der Waals surface area contributed by atoms with Crippen LogP contribution in [-0.2, 0) is 38.4 Å². The van der Waals surface area contributed by atoms with Gasteiger partial charge in [0.15, 0.2) is 0 Å². The average Bonchev–Trinajstić information content (AvgIpc) is 4.06. The van der Waals surface area contributed by atoms with Crippen molar-refractivity contribution in [3.63, 3.8) is 0 Å². The lowest BCUT2D eigenvalue weighted by molar-refractivity contribution is -0.123. The van der Waals surface area contributed by atoms with E-state index in [1.54, 1.807) is 93.6 Å². The summed E-state index contributed by atoms with van der Waals surface area (Å²) >= 11 is 0. The van der Waals surface area contributed by atoms with Crippen LogP contribution in [0, 0.1) is 17.8 Å². The second-order valence-electron chi connectivity index (χ2n) is 14.2. The van der Waals surface area contributed by atoms with Gasteiger partial charge in [0, 0.05) is 48.5 Å². The van der Waals surface area contributed by atoms with E-state index >= 15 is 0 Å². The summed E-state index contributed by atoms with van der Waals surface area (Å²) in [6, 6.07) is 35.8. The molecule has 374 valence electrons. The minimum atomic E-state index is -0.281. The highest BCUT2D eigenvalue weighted by atomic mass is 16.2. The second-order valence-corrected chi connectivity index (χ2v) is 14.2. The minimum absolute atomic E-state index is 0.0961. The molecule has 0 aromatic heterocycles. The molecule has 2 fully saturated rings. The van der Waals surface area contributed by atoms with Crippen LogP contribution in [0.4, 0.5) is 22.7 Å². The highest BCUT2D eigenvalue weighted by molar-refractivity contribution is 6.29. The van der Waals surface area contributed by atoms with Crippen molar-refractivity contribution in [2.75, 3.05) is 19.6 Å². The predicted molar refractivity (Wildman–Crippen MR) is 283 cm³/mol. The first-order valence-corrected chi connectivity index (χ1v) is 24.3. The molecule has 8 amide bonds. The topological polar surface area (TPSA) is 150 Å². The van der Waals surface area contributed by atoms with Crippen LogP contribution in [0.25, 0.3) is 0 Å². The van der Waals surface area contributed by atoms with Crippen LogP contribution < -0.4 is 19.6 Å². The van der Waals surface area contributed by atoms with E-state index in [1.165, 1.54) is 46.9 Å². The van der Waals surface area contributed by atoms with Crippen molar-refractivity contribution < 1.29 is 38.4 Å². The zero-order chi connectivity index (χ0) is 53.1. The van der Waals surface area contributed by atoms with Gasteiger partial charge in [-0.2, -0.15) is 0 Å². The van der Waals surface area contributed by atoms with E-state index in [2.05, 4.69) is 27.7 Å². The maximum absolute atomic E-state index is 11.8. The normalized spacial score (nSPS) is 16.8. The summed E-state index contributed by atoms with van der Waals surface area (Å²) in [5.41, 5.74) is 2.57. The van der Waals surface area contributed by atoms with Crippen molar-refractivity contribution in [2.24, 2.45) is 17.8 Å². The van der Waals surface area contributed by atoms with Crippen molar-refractivity contribution in [1.82, 2.24) is 0 Å². The maximum atomic E-state index is 11.8. The van der Waals surface area contributed by atoms with Crippen molar-refractivity contribution in [1.29, 1.82) is 0 Å². The molecule has 12 nitrogen and oxygen atoms in total. The van der Waals surface area contributed by atoms with Gasteiger partial charge in [0.1, 0.15) is 0 Å². The molecule has 12 heteroatoms. The predicted octanol–water partition coefficient (Wildman–Crippen LogP) is 12.6. The Morgan fingerprint density at radius 1 is 0.348 bits per heavy atom.